The topological polar surface area (TPSA) is 114 Å². The summed E-state index contributed by atoms with van der Waals surface area (Å²) in [6.45, 7) is 5.23. The molecule has 2 aliphatic rings. The van der Waals surface area contributed by atoms with E-state index in [0.29, 0.717) is 5.75 Å². The Balaban J connectivity index is 1.08. The summed E-state index contributed by atoms with van der Waals surface area (Å²) in [7, 11) is 0. The highest BCUT2D eigenvalue weighted by molar-refractivity contribution is 7.18. The second-order valence-electron chi connectivity index (χ2n) is 9.30. The number of halogens is 3. The summed E-state index contributed by atoms with van der Waals surface area (Å²) >= 11 is 1.57. The molecule has 0 spiro atoms. The molecule has 0 radical (unpaired) electrons. The molecule has 1 unspecified atom stereocenters. The van der Waals surface area contributed by atoms with Crippen molar-refractivity contribution in [1.29, 1.82) is 0 Å². The molecule has 3 N–H and O–H groups in total. The van der Waals surface area contributed by atoms with Crippen LogP contribution in [0.2, 0.25) is 0 Å². The van der Waals surface area contributed by atoms with Gasteiger partial charge in [-0.15, -0.1) is 0 Å². The minimum atomic E-state index is -4.37. The minimum absolute atomic E-state index is 0.0707. The normalized spacial score (nSPS) is 17.5. The number of ether oxygens (including phenoxy) is 2. The maximum absolute atomic E-state index is 12.9. The van der Waals surface area contributed by atoms with E-state index in [1.165, 1.54) is 24.5 Å². The number of allylic oxidation sites excluding steroid dienone is 4. The number of thiazole rings is 1. The van der Waals surface area contributed by atoms with E-state index in [2.05, 4.69) is 35.8 Å². The Bertz CT molecular complexity index is 1370. The molecule has 1 aliphatic carbocycles. The van der Waals surface area contributed by atoms with Gasteiger partial charge in [-0.2, -0.15) is 13.2 Å². The Labute approximate surface area is 238 Å². The van der Waals surface area contributed by atoms with Crippen LogP contribution in [0.5, 0.6) is 11.8 Å². The van der Waals surface area contributed by atoms with Crippen LogP contribution in [0.25, 0.3) is 10.4 Å². The number of hydrogen-bond acceptors (Lipinski definition) is 9. The standard InChI is InChI=1S/C27H28F3N7O3S/c28-27(29,30)19-2-1-3-20(14-19)35-24(38)36-21-15-32-25(33-16-21)40-22-6-4-18(5-7-22)23-17-34-26(41-23)31-8-9-37-10-12-39-13-11-37/h1-7,15-17,19H,8-14H2,(H,31,34)(H2,35,36,38). The maximum atomic E-state index is 12.9. The fourth-order valence-electron chi connectivity index (χ4n) is 4.17. The van der Waals surface area contributed by atoms with Gasteiger partial charge in [0.25, 0.3) is 0 Å². The summed E-state index contributed by atoms with van der Waals surface area (Å²) in [4.78, 5) is 28.2. The number of carbonyl (C=O) groups excluding carboxylic acids is 1. The van der Waals surface area contributed by atoms with Crippen molar-refractivity contribution < 1.29 is 27.4 Å². The van der Waals surface area contributed by atoms with Crippen LogP contribution in [0.4, 0.5) is 28.8 Å². The van der Waals surface area contributed by atoms with Crippen LogP contribution in [0.15, 0.2) is 66.8 Å². The zero-order chi connectivity index (χ0) is 28.7. The van der Waals surface area contributed by atoms with Crippen LogP contribution in [-0.4, -0.2) is 71.5 Å². The van der Waals surface area contributed by atoms with Crippen molar-refractivity contribution >= 4 is 28.2 Å². The summed E-state index contributed by atoms with van der Waals surface area (Å²) in [5.41, 5.74) is 1.41. The van der Waals surface area contributed by atoms with Crippen LogP contribution < -0.4 is 20.7 Å². The number of nitrogens with one attached hydrogen (secondary N) is 3. The molecule has 10 nitrogen and oxygen atoms in total. The van der Waals surface area contributed by atoms with Crippen LogP contribution >= 0.6 is 11.3 Å². The second kappa shape index (κ2) is 13.1. The summed E-state index contributed by atoms with van der Waals surface area (Å²) in [6, 6.07) is 6.80. The molecular formula is C27H28F3N7O3S. The summed E-state index contributed by atoms with van der Waals surface area (Å²) in [5, 5.41) is 9.16. The van der Waals surface area contributed by atoms with Gasteiger partial charge in [0.05, 0.1) is 42.1 Å². The number of carbonyl (C=O) groups is 1. The fraction of sp³-hybridized carbons (Fsp3) is 0.333. The van der Waals surface area contributed by atoms with Crippen LogP contribution in [0.3, 0.4) is 0 Å². The Hall–Kier alpha value is -4.01. The Morgan fingerprint density at radius 1 is 1.07 bits per heavy atom. The van der Waals surface area contributed by atoms with Gasteiger partial charge in [0.15, 0.2) is 5.13 Å². The Morgan fingerprint density at radius 3 is 2.56 bits per heavy atom. The van der Waals surface area contributed by atoms with Gasteiger partial charge in [0.2, 0.25) is 0 Å². The van der Waals surface area contributed by atoms with Crippen LogP contribution in [0, 0.1) is 5.92 Å². The third-order valence-electron chi connectivity index (χ3n) is 6.32. The maximum Gasteiger partial charge on any atom is 0.395 e. The molecule has 0 saturated carbocycles. The van der Waals surface area contributed by atoms with E-state index >= 15 is 0 Å². The molecule has 3 aromatic rings. The van der Waals surface area contributed by atoms with E-state index < -0.39 is 18.1 Å². The molecule has 1 aromatic carbocycles. The lowest BCUT2D eigenvalue weighted by molar-refractivity contribution is -0.161. The average Bonchev–Trinajstić information content (AvgIpc) is 3.44. The van der Waals surface area contributed by atoms with Gasteiger partial charge in [-0.25, -0.2) is 19.7 Å². The summed E-state index contributed by atoms with van der Waals surface area (Å²) in [5.74, 6) is -1.11. The lowest BCUT2D eigenvalue weighted by atomic mass is 9.98. The molecule has 0 bridgehead atoms. The van der Waals surface area contributed by atoms with Crippen molar-refractivity contribution in [3.05, 3.63) is 66.8 Å². The molecular weight excluding hydrogens is 559 g/mol. The number of hydrogen-bond donors (Lipinski definition) is 3. The number of aromatic nitrogens is 3. The van der Waals surface area contributed by atoms with Gasteiger partial charge in [-0.3, -0.25) is 4.90 Å². The molecule has 1 fully saturated rings. The van der Waals surface area contributed by atoms with Crippen molar-refractivity contribution in [2.75, 3.05) is 50.0 Å². The number of rotatable bonds is 9. The van der Waals surface area contributed by atoms with Gasteiger partial charge in [0.1, 0.15) is 5.75 Å². The quantitative estimate of drug-likeness (QED) is 0.310. The van der Waals surface area contributed by atoms with Crippen molar-refractivity contribution in [3.63, 3.8) is 0 Å². The first-order valence-corrected chi connectivity index (χ1v) is 13.8. The SMILES string of the molecule is O=C(NC1=CC=CC(C(F)(F)F)C1)Nc1cnc(Oc2ccc(-c3cnc(NCCN4CCOCC4)s3)cc2)nc1. The van der Waals surface area contributed by atoms with E-state index in [9.17, 15) is 18.0 Å². The number of urea groups is 1. The number of anilines is 2. The van der Waals surface area contributed by atoms with Gasteiger partial charge in [0, 0.05) is 44.5 Å². The fourth-order valence-corrected chi connectivity index (χ4v) is 5.01. The van der Waals surface area contributed by atoms with Crippen molar-refractivity contribution in [3.8, 4) is 22.2 Å². The molecule has 1 atom stereocenters. The van der Waals surface area contributed by atoms with Crippen molar-refractivity contribution in [1.82, 2.24) is 25.2 Å². The van der Waals surface area contributed by atoms with E-state index in [1.807, 2.05) is 18.3 Å². The summed E-state index contributed by atoms with van der Waals surface area (Å²) < 4.78 is 49.9. The number of morpholine rings is 1. The number of amides is 2. The first-order valence-electron chi connectivity index (χ1n) is 12.9. The lowest BCUT2D eigenvalue weighted by Crippen LogP contribution is -2.38. The van der Waals surface area contributed by atoms with Crippen LogP contribution in [0.1, 0.15) is 6.42 Å². The highest BCUT2D eigenvalue weighted by Gasteiger charge is 2.39. The third kappa shape index (κ3) is 8.25. The smallest absolute Gasteiger partial charge is 0.395 e. The first kappa shape index (κ1) is 28.5. The van der Waals surface area contributed by atoms with Crippen molar-refractivity contribution in [2.24, 2.45) is 5.92 Å². The number of alkyl halides is 3. The molecule has 5 rings (SSSR count). The highest BCUT2D eigenvalue weighted by Crippen LogP contribution is 2.34. The first-order chi connectivity index (χ1) is 19.8. The molecule has 216 valence electrons. The van der Waals surface area contributed by atoms with E-state index in [4.69, 9.17) is 9.47 Å². The average molecular weight is 588 g/mol. The van der Waals surface area contributed by atoms with Gasteiger partial charge in [-0.05, 0) is 35.9 Å². The lowest BCUT2D eigenvalue weighted by Gasteiger charge is -2.26. The zero-order valence-corrected chi connectivity index (χ0v) is 22.7. The largest absolute Gasteiger partial charge is 0.424 e. The molecule has 2 amide bonds. The predicted molar refractivity (Wildman–Crippen MR) is 149 cm³/mol. The van der Waals surface area contributed by atoms with E-state index in [-0.39, 0.29) is 23.8 Å². The molecule has 2 aromatic heterocycles. The van der Waals surface area contributed by atoms with Gasteiger partial charge < -0.3 is 25.4 Å². The Morgan fingerprint density at radius 2 is 1.83 bits per heavy atom. The van der Waals surface area contributed by atoms with Gasteiger partial charge >= 0.3 is 18.2 Å². The zero-order valence-electron chi connectivity index (χ0n) is 21.9. The van der Waals surface area contributed by atoms with E-state index in [1.54, 1.807) is 23.5 Å². The third-order valence-corrected chi connectivity index (χ3v) is 7.33. The number of nitrogens with zero attached hydrogens (tertiary/aromatic N) is 4. The highest BCUT2D eigenvalue weighted by atomic mass is 32.1. The van der Waals surface area contributed by atoms with Crippen LogP contribution in [-0.2, 0) is 4.74 Å². The van der Waals surface area contributed by atoms with E-state index in [0.717, 1.165) is 61.0 Å². The minimum Gasteiger partial charge on any atom is -0.424 e. The molecule has 1 saturated heterocycles. The molecule has 14 heteroatoms. The predicted octanol–water partition coefficient (Wildman–Crippen LogP) is 5.28. The monoisotopic (exact) mass is 587 g/mol. The van der Waals surface area contributed by atoms with Crippen molar-refractivity contribution in [2.45, 2.75) is 12.6 Å². The molecule has 41 heavy (non-hydrogen) atoms. The molecule has 3 heterocycles. The van der Waals surface area contributed by atoms with Gasteiger partial charge in [-0.1, -0.05) is 23.5 Å². The number of benzene rings is 1. The second-order valence-corrected chi connectivity index (χ2v) is 10.3. The summed E-state index contributed by atoms with van der Waals surface area (Å²) in [6.07, 6.45) is 3.57. The molecule has 1 aliphatic heterocycles. The Kier molecular flexibility index (Phi) is 9.11.